The number of benzene rings is 6. The fourth-order valence-electron chi connectivity index (χ4n) is 5.55. The molecule has 0 amide bonds. The van der Waals surface area contributed by atoms with Gasteiger partial charge in [0.1, 0.15) is 11.6 Å². The Labute approximate surface area is 240 Å². The lowest BCUT2D eigenvalue weighted by Gasteiger charge is -2.38. The molecule has 6 aromatic carbocycles. The van der Waals surface area contributed by atoms with Crippen LogP contribution in [0.3, 0.4) is 0 Å². The molecule has 0 saturated carbocycles. The Kier molecular flexibility index (Phi) is 6.88. The van der Waals surface area contributed by atoms with Crippen LogP contribution in [0.5, 0.6) is 0 Å². The van der Waals surface area contributed by atoms with Gasteiger partial charge in [0.25, 0.3) is 0 Å². The molecule has 6 aromatic rings. The van der Waals surface area contributed by atoms with E-state index in [1.807, 2.05) is 81.4 Å². The van der Waals surface area contributed by atoms with E-state index in [4.69, 9.17) is 0 Å². The van der Waals surface area contributed by atoms with Gasteiger partial charge >= 0.3 is 0 Å². The molecule has 0 aliphatic rings. The number of nitrogens with zero attached hydrogens (tertiary/aromatic N) is 1. The average Bonchev–Trinajstić information content (AvgIpc) is 2.98. The van der Waals surface area contributed by atoms with Crippen molar-refractivity contribution in [2.75, 3.05) is 4.90 Å². The summed E-state index contributed by atoms with van der Waals surface area (Å²) in [7, 11) is 0. The van der Waals surface area contributed by atoms with Gasteiger partial charge in [-0.1, -0.05) is 97.1 Å². The van der Waals surface area contributed by atoms with Crippen LogP contribution in [0.2, 0.25) is 0 Å². The Hall–Kier alpha value is -4.76. The molecule has 0 radical (unpaired) electrons. The minimum Gasteiger partial charge on any atom is -0.331 e. The second-order valence-electron chi connectivity index (χ2n) is 11.3. The second-order valence-corrected chi connectivity index (χ2v) is 11.3. The summed E-state index contributed by atoms with van der Waals surface area (Å²) in [4.78, 5) is 1.75. The minimum absolute atomic E-state index is 0.330. The molecule has 0 spiro atoms. The van der Waals surface area contributed by atoms with Crippen LogP contribution >= 0.6 is 0 Å². The number of anilines is 2. The molecule has 0 aliphatic carbocycles. The van der Waals surface area contributed by atoms with E-state index in [0.29, 0.717) is 11.4 Å². The molecule has 0 fully saturated rings. The molecule has 0 saturated heterocycles. The molecule has 0 unspecified atom stereocenters. The van der Waals surface area contributed by atoms with Crippen LogP contribution in [0.15, 0.2) is 133 Å². The highest BCUT2D eigenvalue weighted by molar-refractivity contribution is 5.91. The standard InChI is InChI=1S/C38H31F2N/c1-38(2,3)41(36-19-10-9-18-34(36)39)37-25-33(27-13-5-4-6-14-27)32(24-35(37)40)31-17-11-16-29(23-31)30-21-20-26-12-7-8-15-28(26)22-30/h4-25H,1-3H3. The molecule has 202 valence electrons. The van der Waals surface area contributed by atoms with Gasteiger partial charge in [-0.3, -0.25) is 0 Å². The van der Waals surface area contributed by atoms with E-state index < -0.39 is 17.2 Å². The number of para-hydroxylation sites is 1. The quantitative estimate of drug-likeness (QED) is 0.211. The highest BCUT2D eigenvalue weighted by atomic mass is 19.1. The number of halogens is 2. The number of rotatable bonds is 5. The van der Waals surface area contributed by atoms with Crippen molar-refractivity contribution in [3.05, 3.63) is 145 Å². The van der Waals surface area contributed by atoms with Crippen molar-refractivity contribution in [3.63, 3.8) is 0 Å². The van der Waals surface area contributed by atoms with Crippen LogP contribution in [-0.2, 0) is 0 Å². The van der Waals surface area contributed by atoms with E-state index in [1.165, 1.54) is 16.8 Å². The van der Waals surface area contributed by atoms with Crippen molar-refractivity contribution in [2.45, 2.75) is 26.3 Å². The zero-order valence-corrected chi connectivity index (χ0v) is 23.4. The van der Waals surface area contributed by atoms with Crippen molar-refractivity contribution >= 4 is 22.1 Å². The molecule has 0 heterocycles. The Morgan fingerprint density at radius 1 is 0.439 bits per heavy atom. The molecule has 6 rings (SSSR count). The van der Waals surface area contributed by atoms with E-state index >= 15 is 8.78 Å². The van der Waals surface area contributed by atoms with E-state index in [1.54, 1.807) is 29.2 Å². The van der Waals surface area contributed by atoms with Crippen molar-refractivity contribution < 1.29 is 8.78 Å². The fourth-order valence-corrected chi connectivity index (χ4v) is 5.55. The highest BCUT2D eigenvalue weighted by Crippen LogP contribution is 2.43. The number of hydrogen-bond donors (Lipinski definition) is 0. The maximum absolute atomic E-state index is 16.3. The maximum atomic E-state index is 16.3. The summed E-state index contributed by atoms with van der Waals surface area (Å²) in [5, 5.41) is 2.36. The first-order chi connectivity index (χ1) is 19.8. The summed E-state index contributed by atoms with van der Waals surface area (Å²) in [6, 6.07) is 42.9. The highest BCUT2D eigenvalue weighted by Gasteiger charge is 2.29. The van der Waals surface area contributed by atoms with Gasteiger partial charge in [-0.25, -0.2) is 8.78 Å². The summed E-state index contributed by atoms with van der Waals surface area (Å²) in [5.41, 5.74) is 5.76. The van der Waals surface area contributed by atoms with Crippen LogP contribution in [0, 0.1) is 11.6 Å². The maximum Gasteiger partial charge on any atom is 0.147 e. The largest absolute Gasteiger partial charge is 0.331 e. The average molecular weight is 540 g/mol. The van der Waals surface area contributed by atoms with Gasteiger partial charge in [0.15, 0.2) is 0 Å². The topological polar surface area (TPSA) is 3.24 Å². The van der Waals surface area contributed by atoms with Gasteiger partial charge in [-0.05, 0) is 101 Å². The van der Waals surface area contributed by atoms with E-state index in [-0.39, 0.29) is 0 Å². The lowest BCUT2D eigenvalue weighted by molar-refractivity contribution is 0.527. The molecule has 0 bridgehead atoms. The van der Waals surface area contributed by atoms with Crippen LogP contribution < -0.4 is 4.90 Å². The van der Waals surface area contributed by atoms with Crippen molar-refractivity contribution in [2.24, 2.45) is 0 Å². The Morgan fingerprint density at radius 2 is 1.05 bits per heavy atom. The number of hydrogen-bond acceptors (Lipinski definition) is 1. The fraction of sp³-hybridized carbons (Fsp3) is 0.105. The van der Waals surface area contributed by atoms with Gasteiger partial charge in [-0.2, -0.15) is 0 Å². The van der Waals surface area contributed by atoms with Crippen LogP contribution in [0.4, 0.5) is 20.2 Å². The van der Waals surface area contributed by atoms with Crippen molar-refractivity contribution in [1.29, 1.82) is 0 Å². The second kappa shape index (κ2) is 10.7. The van der Waals surface area contributed by atoms with E-state index in [9.17, 15) is 0 Å². The third-order valence-electron chi connectivity index (χ3n) is 7.43. The Bertz CT molecular complexity index is 1850. The van der Waals surface area contributed by atoms with Gasteiger partial charge in [-0.15, -0.1) is 0 Å². The molecular weight excluding hydrogens is 508 g/mol. The van der Waals surface area contributed by atoms with Crippen molar-refractivity contribution in [3.8, 4) is 33.4 Å². The molecule has 1 nitrogen and oxygen atoms in total. The third kappa shape index (κ3) is 5.24. The molecule has 0 aromatic heterocycles. The van der Waals surface area contributed by atoms with Crippen LogP contribution in [-0.4, -0.2) is 5.54 Å². The molecule has 3 heteroatoms. The molecule has 0 N–H and O–H groups in total. The van der Waals surface area contributed by atoms with Crippen LogP contribution in [0.25, 0.3) is 44.2 Å². The normalized spacial score (nSPS) is 11.5. The molecule has 0 atom stereocenters. The molecule has 0 aliphatic heterocycles. The first-order valence-electron chi connectivity index (χ1n) is 13.8. The SMILES string of the molecule is CC(C)(C)N(c1ccccc1F)c1cc(-c2ccccc2)c(-c2cccc(-c3ccc4ccccc4c3)c2)cc1F. The van der Waals surface area contributed by atoms with Gasteiger partial charge in [0.05, 0.1) is 11.4 Å². The predicted molar refractivity (Wildman–Crippen MR) is 169 cm³/mol. The van der Waals surface area contributed by atoms with Gasteiger partial charge < -0.3 is 4.90 Å². The summed E-state index contributed by atoms with van der Waals surface area (Å²) in [5.74, 6) is -0.802. The zero-order chi connectivity index (χ0) is 28.6. The smallest absolute Gasteiger partial charge is 0.147 e. The summed E-state index contributed by atoms with van der Waals surface area (Å²) in [6.45, 7) is 5.88. The lowest BCUT2D eigenvalue weighted by Crippen LogP contribution is -2.38. The Morgan fingerprint density at radius 3 is 1.80 bits per heavy atom. The summed E-state index contributed by atoms with van der Waals surface area (Å²) in [6.07, 6.45) is 0. The third-order valence-corrected chi connectivity index (χ3v) is 7.43. The molecular formula is C38H31F2N. The predicted octanol–water partition coefficient (Wildman–Crippen LogP) is 11.1. The molecule has 41 heavy (non-hydrogen) atoms. The van der Waals surface area contributed by atoms with Gasteiger partial charge in [0, 0.05) is 5.54 Å². The van der Waals surface area contributed by atoms with E-state index in [0.717, 1.165) is 33.4 Å². The lowest BCUT2D eigenvalue weighted by atomic mass is 9.90. The monoisotopic (exact) mass is 539 g/mol. The van der Waals surface area contributed by atoms with E-state index in [2.05, 4.69) is 42.5 Å². The van der Waals surface area contributed by atoms with Crippen molar-refractivity contribution in [1.82, 2.24) is 0 Å². The van der Waals surface area contributed by atoms with Crippen LogP contribution in [0.1, 0.15) is 20.8 Å². The zero-order valence-electron chi connectivity index (χ0n) is 23.4. The summed E-state index contributed by atoms with van der Waals surface area (Å²) >= 11 is 0. The van der Waals surface area contributed by atoms with Gasteiger partial charge in [0.2, 0.25) is 0 Å². The number of fused-ring (bicyclic) bond motifs is 1. The minimum atomic E-state index is -0.589. The first kappa shape index (κ1) is 26.5. The first-order valence-corrected chi connectivity index (χ1v) is 13.8. The summed E-state index contributed by atoms with van der Waals surface area (Å²) < 4.78 is 31.4. The Balaban J connectivity index is 1.54.